The lowest BCUT2D eigenvalue weighted by molar-refractivity contribution is -0.139. The van der Waals surface area contributed by atoms with Crippen molar-refractivity contribution < 1.29 is 15.0 Å². The van der Waals surface area contributed by atoms with Gasteiger partial charge in [-0.15, -0.1) is 0 Å². The number of carboxylic acids is 1. The van der Waals surface area contributed by atoms with Crippen LogP contribution < -0.4 is 4.90 Å². The number of hydrogen-bond acceptors (Lipinski definition) is 3. The molecule has 0 spiro atoms. The lowest BCUT2D eigenvalue weighted by Crippen LogP contribution is -2.17. The van der Waals surface area contributed by atoms with Crippen molar-refractivity contribution >= 4 is 11.7 Å². The number of nitrogens with zero attached hydrogens (tertiary/aromatic N) is 1. The first kappa shape index (κ1) is 11.9. The first-order valence-electron chi connectivity index (χ1n) is 5.91. The Morgan fingerprint density at radius 1 is 1.24 bits per heavy atom. The van der Waals surface area contributed by atoms with Gasteiger partial charge in [0.05, 0.1) is 12.5 Å². The molecule has 0 radical (unpaired) electrons. The molecule has 17 heavy (non-hydrogen) atoms. The predicted octanol–water partition coefficient (Wildman–Crippen LogP) is 1.79. The van der Waals surface area contributed by atoms with E-state index in [0.29, 0.717) is 5.56 Å². The van der Waals surface area contributed by atoms with Crippen LogP contribution in [0.15, 0.2) is 24.3 Å². The maximum atomic E-state index is 10.5. The van der Waals surface area contributed by atoms with Gasteiger partial charge in [-0.05, 0) is 30.5 Å². The van der Waals surface area contributed by atoms with Crippen molar-refractivity contribution in [1.82, 2.24) is 0 Å². The summed E-state index contributed by atoms with van der Waals surface area (Å²) in [6, 6.07) is 7.51. The zero-order valence-corrected chi connectivity index (χ0v) is 9.67. The van der Waals surface area contributed by atoms with Crippen molar-refractivity contribution in [1.29, 1.82) is 0 Å². The van der Waals surface area contributed by atoms with Crippen molar-refractivity contribution in [2.24, 2.45) is 0 Å². The Bertz CT molecular complexity index is 382. The van der Waals surface area contributed by atoms with Gasteiger partial charge in [0.15, 0.2) is 0 Å². The number of aliphatic hydroxyl groups is 1. The lowest BCUT2D eigenvalue weighted by atomic mass is 10.1. The van der Waals surface area contributed by atoms with Gasteiger partial charge in [0.2, 0.25) is 0 Å². The van der Waals surface area contributed by atoms with Crippen molar-refractivity contribution in [3.8, 4) is 0 Å². The third kappa shape index (κ3) is 2.97. The summed E-state index contributed by atoms with van der Waals surface area (Å²) >= 11 is 0. The average Bonchev–Trinajstić information content (AvgIpc) is 2.82. The molecule has 1 aromatic carbocycles. The largest absolute Gasteiger partial charge is 0.481 e. The zero-order valence-electron chi connectivity index (χ0n) is 9.67. The van der Waals surface area contributed by atoms with Gasteiger partial charge in [-0.1, -0.05) is 12.1 Å². The van der Waals surface area contributed by atoms with Crippen LogP contribution in [0.3, 0.4) is 0 Å². The Morgan fingerprint density at radius 3 is 2.35 bits per heavy atom. The predicted molar refractivity (Wildman–Crippen MR) is 65.1 cm³/mol. The first-order chi connectivity index (χ1) is 8.16. The van der Waals surface area contributed by atoms with E-state index in [1.54, 1.807) is 12.1 Å². The molecule has 0 bridgehead atoms. The number of hydrogen-bond donors (Lipinski definition) is 2. The van der Waals surface area contributed by atoms with Crippen LogP contribution >= 0.6 is 0 Å². The van der Waals surface area contributed by atoms with Crippen molar-refractivity contribution in [3.63, 3.8) is 0 Å². The van der Waals surface area contributed by atoms with E-state index in [0.717, 1.165) is 18.8 Å². The molecular weight excluding hydrogens is 218 g/mol. The molecule has 1 atom stereocenters. The molecule has 0 amide bonds. The Labute approximate surface area is 100 Å². The fourth-order valence-corrected chi connectivity index (χ4v) is 2.17. The van der Waals surface area contributed by atoms with Gasteiger partial charge in [0.25, 0.3) is 0 Å². The molecule has 0 aromatic heterocycles. The molecule has 2 rings (SSSR count). The third-order valence-electron chi connectivity index (χ3n) is 3.12. The first-order valence-corrected chi connectivity index (χ1v) is 5.91. The molecule has 1 aliphatic rings. The van der Waals surface area contributed by atoms with Crippen LogP contribution in [0.2, 0.25) is 0 Å². The third-order valence-corrected chi connectivity index (χ3v) is 3.12. The van der Waals surface area contributed by atoms with E-state index in [1.807, 2.05) is 12.1 Å². The van der Waals surface area contributed by atoms with Gasteiger partial charge in [-0.25, -0.2) is 0 Å². The monoisotopic (exact) mass is 235 g/mol. The summed E-state index contributed by atoms with van der Waals surface area (Å²) in [6.07, 6.45) is 1.29. The highest BCUT2D eigenvalue weighted by Gasteiger charge is 2.14. The number of aliphatic carboxylic acids is 1. The van der Waals surface area contributed by atoms with Gasteiger partial charge in [-0.2, -0.15) is 0 Å². The molecule has 1 saturated heterocycles. The molecular formula is C13H17NO3. The quantitative estimate of drug-likeness (QED) is 0.835. The second-order valence-corrected chi connectivity index (χ2v) is 4.40. The van der Waals surface area contributed by atoms with Crippen molar-refractivity contribution in [3.05, 3.63) is 29.8 Å². The number of benzene rings is 1. The van der Waals surface area contributed by atoms with E-state index >= 15 is 0 Å². The Hall–Kier alpha value is -1.55. The maximum Gasteiger partial charge on any atom is 0.306 e. The SMILES string of the molecule is O=C(O)C[C@@H](O)c1ccc(N2CCCC2)cc1. The molecule has 1 fully saturated rings. The number of rotatable bonds is 4. The standard InChI is InChI=1S/C13H17NO3/c15-12(9-13(16)17)10-3-5-11(6-4-10)14-7-1-2-8-14/h3-6,12,15H,1-2,7-9H2,(H,16,17)/t12-/m1/s1. The molecule has 4 heteroatoms. The second-order valence-electron chi connectivity index (χ2n) is 4.40. The van der Waals surface area contributed by atoms with Crippen LogP contribution in [0.1, 0.15) is 30.9 Å². The minimum absolute atomic E-state index is 0.247. The summed E-state index contributed by atoms with van der Waals surface area (Å²) in [4.78, 5) is 12.8. The fraction of sp³-hybridized carbons (Fsp3) is 0.462. The van der Waals surface area contributed by atoms with Gasteiger partial charge in [0, 0.05) is 18.8 Å². The topological polar surface area (TPSA) is 60.8 Å². The molecule has 1 aromatic rings. The van der Waals surface area contributed by atoms with E-state index in [1.165, 1.54) is 12.8 Å². The molecule has 0 unspecified atom stereocenters. The number of anilines is 1. The lowest BCUT2D eigenvalue weighted by Gasteiger charge is -2.18. The highest BCUT2D eigenvalue weighted by atomic mass is 16.4. The van der Waals surface area contributed by atoms with Crippen LogP contribution in [-0.2, 0) is 4.79 Å². The molecule has 0 aliphatic carbocycles. The fourth-order valence-electron chi connectivity index (χ4n) is 2.17. The molecule has 2 N–H and O–H groups in total. The average molecular weight is 235 g/mol. The highest BCUT2D eigenvalue weighted by Crippen LogP contribution is 2.23. The van der Waals surface area contributed by atoms with Crippen molar-refractivity contribution in [2.45, 2.75) is 25.4 Å². The van der Waals surface area contributed by atoms with Gasteiger partial charge in [0.1, 0.15) is 0 Å². The van der Waals surface area contributed by atoms with E-state index in [9.17, 15) is 9.90 Å². The van der Waals surface area contributed by atoms with E-state index < -0.39 is 12.1 Å². The van der Waals surface area contributed by atoms with Crippen LogP contribution in [0.25, 0.3) is 0 Å². The van der Waals surface area contributed by atoms with Crippen LogP contribution in [0.4, 0.5) is 5.69 Å². The van der Waals surface area contributed by atoms with E-state index in [2.05, 4.69) is 4.90 Å². The number of aliphatic hydroxyl groups excluding tert-OH is 1. The van der Waals surface area contributed by atoms with Crippen molar-refractivity contribution in [2.75, 3.05) is 18.0 Å². The number of carboxylic acid groups (broad SMARTS) is 1. The van der Waals surface area contributed by atoms with Gasteiger partial charge < -0.3 is 15.1 Å². The normalized spacial score (nSPS) is 17.1. The van der Waals surface area contributed by atoms with Crippen LogP contribution in [0, 0.1) is 0 Å². The summed E-state index contributed by atoms with van der Waals surface area (Å²) < 4.78 is 0. The Morgan fingerprint density at radius 2 is 1.82 bits per heavy atom. The molecule has 1 aliphatic heterocycles. The van der Waals surface area contributed by atoms with Crippen LogP contribution in [0.5, 0.6) is 0 Å². The summed E-state index contributed by atoms with van der Waals surface area (Å²) in [6.45, 7) is 2.16. The van der Waals surface area contributed by atoms with Gasteiger partial charge in [-0.3, -0.25) is 4.79 Å². The maximum absolute atomic E-state index is 10.5. The van der Waals surface area contributed by atoms with E-state index in [-0.39, 0.29) is 6.42 Å². The van der Waals surface area contributed by atoms with Gasteiger partial charge >= 0.3 is 5.97 Å². The summed E-state index contributed by atoms with van der Waals surface area (Å²) in [5.41, 5.74) is 1.81. The smallest absolute Gasteiger partial charge is 0.306 e. The van der Waals surface area contributed by atoms with Crippen LogP contribution in [-0.4, -0.2) is 29.3 Å². The molecule has 4 nitrogen and oxygen atoms in total. The number of carbonyl (C=O) groups is 1. The molecule has 92 valence electrons. The summed E-state index contributed by atoms with van der Waals surface area (Å²) in [7, 11) is 0. The molecule has 1 heterocycles. The summed E-state index contributed by atoms with van der Waals surface area (Å²) in [5, 5.41) is 18.3. The Kier molecular flexibility index (Phi) is 3.64. The summed E-state index contributed by atoms with van der Waals surface area (Å²) in [5.74, 6) is -0.985. The molecule has 0 saturated carbocycles. The van der Waals surface area contributed by atoms with E-state index in [4.69, 9.17) is 5.11 Å². The minimum atomic E-state index is -0.985. The highest BCUT2D eigenvalue weighted by molar-refractivity contribution is 5.67. The second kappa shape index (κ2) is 5.19. The Balaban J connectivity index is 2.04. The minimum Gasteiger partial charge on any atom is -0.481 e. The zero-order chi connectivity index (χ0) is 12.3.